The predicted molar refractivity (Wildman–Crippen MR) is 125 cm³/mol. The molecule has 2 aliphatic heterocycles. The van der Waals surface area contributed by atoms with Crippen molar-refractivity contribution in [3.8, 4) is 5.88 Å². The van der Waals surface area contributed by atoms with Crippen molar-refractivity contribution >= 4 is 35.9 Å². The third kappa shape index (κ3) is 3.87. The molecule has 1 unspecified atom stereocenters. The molecule has 5 rings (SSSR count). The Kier molecular flexibility index (Phi) is 5.39. The maximum Gasteiger partial charge on any atom is 0.488 e. The van der Waals surface area contributed by atoms with Gasteiger partial charge in [0.2, 0.25) is 17.7 Å². The van der Waals surface area contributed by atoms with Gasteiger partial charge in [-0.1, -0.05) is 30.3 Å². The summed E-state index contributed by atoms with van der Waals surface area (Å²) in [6.45, 7) is 3.04. The van der Waals surface area contributed by atoms with Gasteiger partial charge in [0, 0.05) is 30.3 Å². The van der Waals surface area contributed by atoms with Crippen LogP contribution in [0.25, 0.3) is 0 Å². The van der Waals surface area contributed by atoms with Crippen LogP contribution in [0.3, 0.4) is 0 Å². The lowest BCUT2D eigenvalue weighted by atomic mass is 9.80. The topological polar surface area (TPSA) is 134 Å². The van der Waals surface area contributed by atoms with Gasteiger partial charge in [-0.3, -0.25) is 4.79 Å². The normalized spacial score (nSPS) is 16.2. The van der Waals surface area contributed by atoms with Crippen LogP contribution in [-0.4, -0.2) is 45.7 Å². The number of ether oxygens (including phenoxy) is 1. The number of fused-ring (bicyclic) bond motifs is 2. The molecule has 2 aromatic carbocycles. The molecule has 1 amide bonds. The highest BCUT2D eigenvalue weighted by atomic mass is 16.5. The summed E-state index contributed by atoms with van der Waals surface area (Å²) in [5.41, 5.74) is 10.1. The van der Waals surface area contributed by atoms with E-state index in [2.05, 4.69) is 17.2 Å². The Morgan fingerprint density at radius 2 is 2.06 bits per heavy atom. The fourth-order valence-electron chi connectivity index (χ4n) is 4.52. The lowest BCUT2D eigenvalue weighted by Crippen LogP contribution is -2.30. The number of primary amides is 1. The first-order chi connectivity index (χ1) is 15.9. The second-order valence-corrected chi connectivity index (χ2v) is 8.32. The Balaban J connectivity index is 1.49. The van der Waals surface area contributed by atoms with Gasteiger partial charge in [0.15, 0.2) is 0 Å². The molecule has 0 aliphatic carbocycles. The molecule has 0 fully saturated rings. The summed E-state index contributed by atoms with van der Waals surface area (Å²) in [5.74, 6) is 1.27. The molecule has 33 heavy (non-hydrogen) atoms. The number of hydrogen-bond donors (Lipinski definition) is 4. The van der Waals surface area contributed by atoms with Gasteiger partial charge in [-0.05, 0) is 42.1 Å². The van der Waals surface area contributed by atoms with E-state index in [1.165, 1.54) is 0 Å². The molecule has 10 heteroatoms. The van der Waals surface area contributed by atoms with Crippen LogP contribution in [0.2, 0.25) is 0 Å². The highest BCUT2D eigenvalue weighted by molar-refractivity contribution is 6.58. The molecule has 0 saturated carbocycles. The summed E-state index contributed by atoms with van der Waals surface area (Å²) >= 11 is 0. The Morgan fingerprint density at radius 3 is 2.85 bits per heavy atom. The van der Waals surface area contributed by atoms with Gasteiger partial charge in [0.05, 0.1) is 12.2 Å². The van der Waals surface area contributed by atoms with E-state index < -0.39 is 13.0 Å². The van der Waals surface area contributed by atoms with Crippen LogP contribution in [-0.2, 0) is 19.4 Å². The van der Waals surface area contributed by atoms with Gasteiger partial charge in [-0.2, -0.15) is 9.97 Å². The summed E-state index contributed by atoms with van der Waals surface area (Å²) in [4.78, 5) is 23.4. The molecule has 0 radical (unpaired) electrons. The number of anilines is 3. The number of benzene rings is 2. The maximum absolute atomic E-state index is 11.9. The molecule has 9 nitrogen and oxygen atoms in total. The Morgan fingerprint density at radius 1 is 1.24 bits per heavy atom. The zero-order valence-corrected chi connectivity index (χ0v) is 18.2. The molecule has 5 N–H and O–H groups in total. The minimum absolute atomic E-state index is 0.0375. The van der Waals surface area contributed by atoms with E-state index in [1.54, 1.807) is 24.3 Å². The van der Waals surface area contributed by atoms with Gasteiger partial charge in [0.25, 0.3) is 0 Å². The first kappa shape index (κ1) is 21.2. The van der Waals surface area contributed by atoms with Crippen molar-refractivity contribution < 1.29 is 19.6 Å². The zero-order valence-electron chi connectivity index (χ0n) is 18.2. The van der Waals surface area contributed by atoms with Gasteiger partial charge in [0.1, 0.15) is 5.82 Å². The van der Waals surface area contributed by atoms with Crippen molar-refractivity contribution in [2.45, 2.75) is 32.4 Å². The predicted octanol–water partition coefficient (Wildman–Crippen LogP) is 0.885. The highest BCUT2D eigenvalue weighted by Gasteiger charge is 2.33. The molecule has 0 bridgehead atoms. The summed E-state index contributed by atoms with van der Waals surface area (Å²) in [5, 5.41) is 22.2. The van der Waals surface area contributed by atoms with E-state index in [4.69, 9.17) is 15.5 Å². The SMILES string of the molecule is CC1Cc2c(C(N)=O)cccc2N1c1nc(NCc2cccc(B(O)O)c2)c2c(n1)OCC2. The Labute approximate surface area is 191 Å². The largest absolute Gasteiger partial charge is 0.488 e. The van der Waals surface area contributed by atoms with Crippen LogP contribution >= 0.6 is 0 Å². The van der Waals surface area contributed by atoms with Gasteiger partial charge >= 0.3 is 7.12 Å². The number of nitrogens with two attached hydrogens (primary N) is 1. The van der Waals surface area contributed by atoms with Crippen LogP contribution in [0.15, 0.2) is 42.5 Å². The molecule has 0 saturated heterocycles. The van der Waals surface area contributed by atoms with E-state index in [9.17, 15) is 14.8 Å². The number of amides is 1. The van der Waals surface area contributed by atoms with Crippen LogP contribution in [0, 0.1) is 0 Å². The Bertz CT molecular complexity index is 1240. The van der Waals surface area contributed by atoms with Crippen molar-refractivity contribution in [2.24, 2.45) is 5.73 Å². The number of carbonyl (C=O) groups is 1. The zero-order chi connectivity index (χ0) is 23.1. The smallest absolute Gasteiger partial charge is 0.477 e. The van der Waals surface area contributed by atoms with Gasteiger partial charge in [-0.25, -0.2) is 0 Å². The average Bonchev–Trinajstić information content (AvgIpc) is 3.40. The average molecular weight is 445 g/mol. The third-order valence-corrected chi connectivity index (χ3v) is 6.09. The second kappa shape index (κ2) is 8.38. The van der Waals surface area contributed by atoms with Crippen molar-refractivity contribution in [3.05, 3.63) is 64.7 Å². The van der Waals surface area contributed by atoms with Crippen LogP contribution < -0.4 is 26.2 Å². The first-order valence-electron chi connectivity index (χ1n) is 10.9. The number of hydrogen-bond acceptors (Lipinski definition) is 8. The second-order valence-electron chi connectivity index (χ2n) is 8.32. The quantitative estimate of drug-likeness (QED) is 0.411. The molecule has 3 heterocycles. The minimum Gasteiger partial charge on any atom is -0.477 e. The van der Waals surface area contributed by atoms with Crippen molar-refractivity contribution in [1.29, 1.82) is 0 Å². The van der Waals surface area contributed by atoms with E-state index in [1.807, 2.05) is 23.1 Å². The molecule has 1 aromatic heterocycles. The molecule has 0 spiro atoms. The molecule has 3 aromatic rings. The van der Waals surface area contributed by atoms with E-state index in [0.717, 1.165) is 22.4 Å². The summed E-state index contributed by atoms with van der Waals surface area (Å²) in [6, 6.07) is 12.6. The molecule has 2 aliphatic rings. The number of carbonyl (C=O) groups excluding carboxylic acids is 1. The maximum atomic E-state index is 11.9. The molecular formula is C23H24BN5O4. The van der Waals surface area contributed by atoms with E-state index in [0.29, 0.717) is 54.7 Å². The van der Waals surface area contributed by atoms with Crippen molar-refractivity contribution in [2.75, 3.05) is 16.8 Å². The number of nitrogens with one attached hydrogen (secondary N) is 1. The van der Waals surface area contributed by atoms with Crippen LogP contribution in [0.1, 0.15) is 34.0 Å². The first-order valence-corrected chi connectivity index (χ1v) is 10.9. The number of aromatic nitrogens is 2. The standard InChI is InChI=1S/C23H24BN5O4/c1-13-10-18-16(20(25)30)6-3-7-19(18)29(13)23-27-21(17-8-9-33-22(17)28-23)26-12-14-4-2-5-15(11-14)24(31)32/h2-7,11,13,31-32H,8-10,12H2,1H3,(H2,25,30)(H,26,27,28). The van der Waals surface area contributed by atoms with E-state index in [-0.39, 0.29) is 6.04 Å². The fraction of sp³-hybridized carbons (Fsp3) is 0.261. The molecule has 168 valence electrons. The van der Waals surface area contributed by atoms with Crippen molar-refractivity contribution in [3.63, 3.8) is 0 Å². The van der Waals surface area contributed by atoms with Crippen molar-refractivity contribution in [1.82, 2.24) is 9.97 Å². The lowest BCUT2D eigenvalue weighted by Gasteiger charge is -2.24. The van der Waals surface area contributed by atoms with E-state index >= 15 is 0 Å². The summed E-state index contributed by atoms with van der Waals surface area (Å²) < 4.78 is 5.77. The van der Waals surface area contributed by atoms with Gasteiger partial charge < -0.3 is 30.7 Å². The summed E-state index contributed by atoms with van der Waals surface area (Å²) in [7, 11) is -1.52. The Hall–Kier alpha value is -3.63. The summed E-state index contributed by atoms with van der Waals surface area (Å²) in [6.07, 6.45) is 1.36. The van der Waals surface area contributed by atoms with Gasteiger partial charge in [-0.15, -0.1) is 0 Å². The lowest BCUT2D eigenvalue weighted by molar-refractivity contribution is 0.0999. The van der Waals surface area contributed by atoms with Crippen LogP contribution in [0.5, 0.6) is 5.88 Å². The molecular weight excluding hydrogens is 421 g/mol. The monoisotopic (exact) mass is 445 g/mol. The number of nitrogens with zero attached hydrogens (tertiary/aromatic N) is 3. The fourth-order valence-corrected chi connectivity index (χ4v) is 4.52. The minimum atomic E-state index is -1.52. The highest BCUT2D eigenvalue weighted by Crippen LogP contribution is 2.41. The van der Waals surface area contributed by atoms with Crippen LogP contribution in [0.4, 0.5) is 17.5 Å². The molecule has 1 atom stereocenters. The third-order valence-electron chi connectivity index (χ3n) is 6.09. The number of rotatable bonds is 6.